The van der Waals surface area contributed by atoms with Gasteiger partial charge < -0.3 is 5.11 Å². The average Bonchev–Trinajstić information content (AvgIpc) is 2.68. The Morgan fingerprint density at radius 2 is 1.94 bits per heavy atom. The van der Waals surface area contributed by atoms with Crippen molar-refractivity contribution >= 4 is 32.4 Å². The van der Waals surface area contributed by atoms with E-state index < -0.39 is 5.97 Å². The number of hydrogen-bond donors (Lipinski definition) is 1. The first-order valence-corrected chi connectivity index (χ1v) is 5.77. The second-order valence-electron chi connectivity index (χ2n) is 3.60. The number of fused-ring (bicyclic) bond motifs is 3. The van der Waals surface area contributed by atoms with E-state index in [2.05, 4.69) is 0 Å². The number of pyridine rings is 1. The lowest BCUT2D eigenvalue weighted by atomic mass is 10.3. The van der Waals surface area contributed by atoms with Crippen molar-refractivity contribution in [1.82, 2.24) is 4.40 Å². The Hall–Kier alpha value is -2.14. The van der Waals surface area contributed by atoms with E-state index in [1.807, 2.05) is 24.3 Å². The number of rotatable bonds is 1. The summed E-state index contributed by atoms with van der Waals surface area (Å²) in [7, 11) is 0. The summed E-state index contributed by atoms with van der Waals surface area (Å²) in [5, 5.41) is 9.09. The van der Waals surface area contributed by atoms with Crippen LogP contribution in [-0.2, 0) is 0 Å². The van der Waals surface area contributed by atoms with E-state index >= 15 is 0 Å². The number of thiazole rings is 1. The maximum absolute atomic E-state index is 11.8. The molecule has 0 spiro atoms. The zero-order chi connectivity index (χ0) is 12.0. The fraction of sp³-hybridized carbons (Fsp3) is 0. The molecule has 2 heterocycles. The Balaban J connectivity index is 2.63. The van der Waals surface area contributed by atoms with E-state index in [1.165, 1.54) is 27.9 Å². The van der Waals surface area contributed by atoms with Crippen LogP contribution in [0.1, 0.15) is 10.4 Å². The van der Waals surface area contributed by atoms with Crippen LogP contribution >= 0.6 is 11.3 Å². The average molecular weight is 245 g/mol. The molecular formula is C12H7NO3S. The van der Waals surface area contributed by atoms with Crippen molar-refractivity contribution < 1.29 is 9.90 Å². The highest BCUT2D eigenvalue weighted by atomic mass is 32.1. The second-order valence-corrected chi connectivity index (χ2v) is 4.63. The highest BCUT2D eigenvalue weighted by Gasteiger charge is 2.14. The van der Waals surface area contributed by atoms with Crippen molar-refractivity contribution in [2.75, 3.05) is 0 Å². The van der Waals surface area contributed by atoms with Crippen LogP contribution in [-0.4, -0.2) is 15.5 Å². The van der Waals surface area contributed by atoms with E-state index in [-0.39, 0.29) is 11.1 Å². The zero-order valence-corrected chi connectivity index (χ0v) is 9.40. The van der Waals surface area contributed by atoms with E-state index in [9.17, 15) is 9.59 Å². The van der Waals surface area contributed by atoms with Gasteiger partial charge in [0.25, 0.3) is 5.56 Å². The van der Waals surface area contributed by atoms with Gasteiger partial charge in [-0.25, -0.2) is 4.79 Å². The summed E-state index contributed by atoms with van der Waals surface area (Å²) >= 11 is 1.31. The van der Waals surface area contributed by atoms with Crippen LogP contribution in [0.5, 0.6) is 0 Å². The molecule has 3 rings (SSSR count). The predicted octanol–water partition coefficient (Wildman–Crippen LogP) is 2.21. The normalized spacial score (nSPS) is 11.1. The van der Waals surface area contributed by atoms with Crippen molar-refractivity contribution in [3.63, 3.8) is 0 Å². The van der Waals surface area contributed by atoms with Crippen molar-refractivity contribution in [3.8, 4) is 0 Å². The summed E-state index contributed by atoms with van der Waals surface area (Å²) < 4.78 is 2.35. The summed E-state index contributed by atoms with van der Waals surface area (Å²) in [6, 6.07) is 10.0. The van der Waals surface area contributed by atoms with Crippen LogP contribution in [0.4, 0.5) is 0 Å². The molecule has 5 heteroatoms. The minimum absolute atomic E-state index is 0.158. The lowest BCUT2D eigenvalue weighted by Gasteiger charge is -1.97. The van der Waals surface area contributed by atoms with Crippen LogP contribution in [0, 0.1) is 0 Å². The SMILES string of the molecule is O=C(O)c1ccc(=O)n2c1sc1ccccc12. The molecule has 84 valence electrons. The highest BCUT2D eigenvalue weighted by Crippen LogP contribution is 2.26. The molecule has 0 radical (unpaired) electrons. The molecule has 0 aliphatic carbocycles. The molecule has 4 nitrogen and oxygen atoms in total. The number of carboxylic acids is 1. The summed E-state index contributed by atoms with van der Waals surface area (Å²) in [5.74, 6) is -1.02. The summed E-state index contributed by atoms with van der Waals surface area (Å²) in [5.41, 5.74) is 0.703. The molecule has 1 N–H and O–H groups in total. The number of hydrogen-bond acceptors (Lipinski definition) is 3. The number of aromatic carboxylic acids is 1. The topological polar surface area (TPSA) is 58.8 Å². The Kier molecular flexibility index (Phi) is 2.02. The molecule has 3 aromatic rings. The first-order chi connectivity index (χ1) is 8.18. The van der Waals surface area contributed by atoms with Gasteiger partial charge in [-0.3, -0.25) is 9.20 Å². The molecule has 0 aliphatic heterocycles. The number of carbonyl (C=O) groups is 1. The van der Waals surface area contributed by atoms with Crippen molar-refractivity contribution in [2.45, 2.75) is 0 Å². The van der Waals surface area contributed by atoms with Crippen LogP contribution in [0.15, 0.2) is 41.2 Å². The standard InChI is InChI=1S/C12H7NO3S/c14-10-6-5-7(12(15)16)11-13(10)8-3-1-2-4-9(8)17-11/h1-6H,(H,15,16). The third kappa shape index (κ3) is 1.36. The fourth-order valence-corrected chi connectivity index (χ4v) is 3.01. The van der Waals surface area contributed by atoms with Gasteiger partial charge in [0.15, 0.2) is 0 Å². The molecule has 0 unspecified atom stereocenters. The van der Waals surface area contributed by atoms with Crippen LogP contribution < -0.4 is 5.56 Å². The minimum Gasteiger partial charge on any atom is -0.478 e. The smallest absolute Gasteiger partial charge is 0.338 e. The Morgan fingerprint density at radius 3 is 2.71 bits per heavy atom. The maximum atomic E-state index is 11.8. The molecular weight excluding hydrogens is 238 g/mol. The molecule has 2 aromatic heterocycles. The molecule has 0 amide bonds. The number of para-hydroxylation sites is 1. The Morgan fingerprint density at radius 1 is 1.18 bits per heavy atom. The van der Waals surface area contributed by atoms with Gasteiger partial charge in [-0.15, -0.1) is 11.3 Å². The summed E-state index contributed by atoms with van der Waals surface area (Å²) in [4.78, 5) is 23.4. The van der Waals surface area contributed by atoms with E-state index in [0.717, 1.165) is 10.2 Å². The Bertz CT molecular complexity index is 800. The second kappa shape index (κ2) is 3.43. The van der Waals surface area contributed by atoms with Crippen LogP contribution in [0.2, 0.25) is 0 Å². The largest absolute Gasteiger partial charge is 0.478 e. The van der Waals surface area contributed by atoms with Gasteiger partial charge in [-0.05, 0) is 18.2 Å². The predicted molar refractivity (Wildman–Crippen MR) is 66.0 cm³/mol. The molecule has 0 fully saturated rings. The van der Waals surface area contributed by atoms with Gasteiger partial charge in [0, 0.05) is 6.07 Å². The van der Waals surface area contributed by atoms with E-state index in [0.29, 0.717) is 4.83 Å². The van der Waals surface area contributed by atoms with Gasteiger partial charge in [-0.1, -0.05) is 12.1 Å². The molecule has 1 aromatic carbocycles. The Labute approximate surface area is 99.4 Å². The van der Waals surface area contributed by atoms with Gasteiger partial charge in [0.2, 0.25) is 0 Å². The first kappa shape index (κ1) is 10.0. The third-order valence-corrected chi connectivity index (χ3v) is 3.75. The van der Waals surface area contributed by atoms with Gasteiger partial charge in [0.05, 0.1) is 15.8 Å². The molecule has 0 bridgehead atoms. The van der Waals surface area contributed by atoms with Crippen molar-refractivity contribution in [1.29, 1.82) is 0 Å². The lowest BCUT2D eigenvalue weighted by molar-refractivity contribution is 0.0699. The number of benzene rings is 1. The van der Waals surface area contributed by atoms with Crippen molar-refractivity contribution in [3.05, 3.63) is 52.3 Å². The monoisotopic (exact) mass is 245 g/mol. The van der Waals surface area contributed by atoms with Gasteiger partial charge in [-0.2, -0.15) is 0 Å². The zero-order valence-electron chi connectivity index (χ0n) is 8.58. The molecule has 17 heavy (non-hydrogen) atoms. The quantitative estimate of drug-likeness (QED) is 0.715. The number of carboxylic acid groups (broad SMARTS) is 1. The first-order valence-electron chi connectivity index (χ1n) is 4.95. The molecule has 0 aliphatic rings. The minimum atomic E-state index is -1.02. The van der Waals surface area contributed by atoms with E-state index in [4.69, 9.17) is 5.11 Å². The lowest BCUT2D eigenvalue weighted by Crippen LogP contribution is -2.13. The third-order valence-electron chi connectivity index (χ3n) is 2.59. The molecule has 0 saturated heterocycles. The number of nitrogens with zero attached hydrogens (tertiary/aromatic N) is 1. The highest BCUT2D eigenvalue weighted by molar-refractivity contribution is 7.24. The van der Waals surface area contributed by atoms with E-state index in [1.54, 1.807) is 0 Å². The fourth-order valence-electron chi connectivity index (χ4n) is 1.84. The van der Waals surface area contributed by atoms with Crippen LogP contribution in [0.3, 0.4) is 0 Å². The number of aromatic nitrogens is 1. The van der Waals surface area contributed by atoms with Crippen LogP contribution in [0.25, 0.3) is 15.0 Å². The molecule has 0 atom stereocenters. The molecule has 0 saturated carbocycles. The van der Waals surface area contributed by atoms with Crippen molar-refractivity contribution in [2.24, 2.45) is 0 Å². The summed E-state index contributed by atoms with van der Waals surface area (Å²) in [6.45, 7) is 0. The summed E-state index contributed by atoms with van der Waals surface area (Å²) in [6.07, 6.45) is 0. The van der Waals surface area contributed by atoms with Gasteiger partial charge in [0.1, 0.15) is 4.83 Å². The van der Waals surface area contributed by atoms with Gasteiger partial charge >= 0.3 is 5.97 Å². The maximum Gasteiger partial charge on any atom is 0.338 e.